The van der Waals surface area contributed by atoms with Crippen molar-refractivity contribution in [3.8, 4) is 0 Å². The molecule has 0 saturated carbocycles. The fraction of sp³-hybridized carbons (Fsp3) is 0.500. The molecular weight excluding hydrogens is 262 g/mol. The number of carbonyl (C=O) groups is 1. The number of rotatable bonds is 4. The van der Waals surface area contributed by atoms with E-state index in [1.54, 1.807) is 33.8 Å². The zero-order chi connectivity index (χ0) is 15.5. The third kappa shape index (κ3) is 3.77. The van der Waals surface area contributed by atoms with Crippen LogP contribution in [0, 0.1) is 17.0 Å². The highest BCUT2D eigenvalue weighted by Gasteiger charge is 2.31. The first-order valence-corrected chi connectivity index (χ1v) is 6.17. The number of methoxy groups -OCH3 is 1. The Morgan fingerprint density at radius 3 is 2.40 bits per heavy atom. The second-order valence-corrected chi connectivity index (χ2v) is 5.38. The Hall–Kier alpha value is -1.95. The summed E-state index contributed by atoms with van der Waals surface area (Å²) in [5.74, 6) is -0.580. The van der Waals surface area contributed by atoms with Gasteiger partial charge < -0.3 is 9.47 Å². The quantitative estimate of drug-likeness (QED) is 0.481. The normalized spacial score (nSPS) is 12.8. The molecule has 6 nitrogen and oxygen atoms in total. The van der Waals surface area contributed by atoms with Gasteiger partial charge in [-0.25, -0.2) is 4.79 Å². The first-order chi connectivity index (χ1) is 9.17. The van der Waals surface area contributed by atoms with Crippen molar-refractivity contribution >= 4 is 11.7 Å². The van der Waals surface area contributed by atoms with Crippen LogP contribution < -0.4 is 0 Å². The zero-order valence-electron chi connectivity index (χ0n) is 12.3. The van der Waals surface area contributed by atoms with E-state index >= 15 is 0 Å². The molecule has 0 fully saturated rings. The van der Waals surface area contributed by atoms with Gasteiger partial charge in [0.15, 0.2) is 6.10 Å². The molecular formula is C14H19NO5. The molecule has 0 bridgehead atoms. The number of benzene rings is 1. The number of ether oxygens (including phenoxy) is 2. The highest BCUT2D eigenvalue weighted by Crippen LogP contribution is 2.31. The smallest absolute Gasteiger partial charge is 0.339 e. The molecule has 0 heterocycles. The van der Waals surface area contributed by atoms with E-state index in [0.29, 0.717) is 11.1 Å². The van der Waals surface area contributed by atoms with E-state index in [9.17, 15) is 14.9 Å². The lowest BCUT2D eigenvalue weighted by molar-refractivity contribution is -0.385. The predicted octanol–water partition coefficient (Wildman–Crippen LogP) is 2.93. The second-order valence-electron chi connectivity index (χ2n) is 5.38. The van der Waals surface area contributed by atoms with Crippen molar-refractivity contribution < 1.29 is 19.2 Å². The summed E-state index contributed by atoms with van der Waals surface area (Å²) in [5.41, 5.74) is 0.211. The molecule has 0 spiro atoms. The fourth-order valence-electron chi connectivity index (χ4n) is 1.82. The summed E-state index contributed by atoms with van der Waals surface area (Å²) in [5, 5.41) is 11.0. The van der Waals surface area contributed by atoms with Crippen LogP contribution in [-0.4, -0.2) is 23.6 Å². The average molecular weight is 281 g/mol. The van der Waals surface area contributed by atoms with Crippen LogP contribution in [0.3, 0.4) is 0 Å². The van der Waals surface area contributed by atoms with Crippen molar-refractivity contribution in [1.29, 1.82) is 0 Å². The van der Waals surface area contributed by atoms with Gasteiger partial charge in [-0.2, -0.15) is 0 Å². The molecule has 0 amide bonds. The summed E-state index contributed by atoms with van der Waals surface area (Å²) in [6.07, 6.45) is -0.986. The van der Waals surface area contributed by atoms with E-state index in [1.807, 2.05) is 0 Å². The number of hydrogen-bond donors (Lipinski definition) is 0. The first kappa shape index (κ1) is 16.1. The number of nitrogens with zero attached hydrogens (tertiary/aromatic N) is 1. The lowest BCUT2D eigenvalue weighted by atomic mass is 10.0. The van der Waals surface area contributed by atoms with Gasteiger partial charge in [-0.15, -0.1) is 0 Å². The molecule has 0 aliphatic carbocycles. The maximum absolute atomic E-state index is 11.9. The molecule has 6 heteroatoms. The van der Waals surface area contributed by atoms with Crippen LogP contribution in [0.15, 0.2) is 18.2 Å². The molecule has 1 rings (SSSR count). The molecule has 1 aromatic carbocycles. The first-order valence-electron chi connectivity index (χ1n) is 6.17. The van der Waals surface area contributed by atoms with Crippen molar-refractivity contribution in [3.63, 3.8) is 0 Å². The van der Waals surface area contributed by atoms with Crippen LogP contribution in [0.4, 0.5) is 5.69 Å². The van der Waals surface area contributed by atoms with Gasteiger partial charge in [-0.1, -0.05) is 12.1 Å². The molecule has 110 valence electrons. The Morgan fingerprint density at radius 2 is 1.95 bits per heavy atom. The summed E-state index contributed by atoms with van der Waals surface area (Å²) in [6.45, 7) is 7.00. The molecule has 0 N–H and O–H groups in total. The minimum atomic E-state index is -0.986. The number of nitro benzene ring substituents is 1. The maximum Gasteiger partial charge on any atom is 0.339 e. The largest absolute Gasteiger partial charge is 0.467 e. The van der Waals surface area contributed by atoms with Crippen molar-refractivity contribution in [1.82, 2.24) is 0 Å². The highest BCUT2D eigenvalue weighted by molar-refractivity contribution is 5.77. The van der Waals surface area contributed by atoms with E-state index in [0.717, 1.165) is 0 Å². The van der Waals surface area contributed by atoms with Gasteiger partial charge in [0.05, 0.1) is 17.6 Å². The summed E-state index contributed by atoms with van der Waals surface area (Å²) in [7, 11) is 1.26. The van der Waals surface area contributed by atoms with E-state index in [4.69, 9.17) is 9.47 Å². The molecule has 0 aromatic heterocycles. The number of nitro groups is 1. The molecule has 20 heavy (non-hydrogen) atoms. The minimum Gasteiger partial charge on any atom is -0.467 e. The van der Waals surface area contributed by atoms with Gasteiger partial charge in [-0.3, -0.25) is 10.1 Å². The van der Waals surface area contributed by atoms with Crippen molar-refractivity contribution in [2.75, 3.05) is 7.11 Å². The van der Waals surface area contributed by atoms with Gasteiger partial charge in [0.25, 0.3) is 5.69 Å². The van der Waals surface area contributed by atoms with Crippen molar-refractivity contribution in [3.05, 3.63) is 39.4 Å². The van der Waals surface area contributed by atoms with Crippen molar-refractivity contribution in [2.24, 2.45) is 0 Å². The second kappa shape index (κ2) is 6.00. The number of carbonyl (C=O) groups excluding carboxylic acids is 1. The fourth-order valence-corrected chi connectivity index (χ4v) is 1.82. The molecule has 0 aliphatic heterocycles. The molecule has 0 unspecified atom stereocenters. The standard InChI is InChI=1S/C14H19NO5/c1-9-10(7-6-8-11(9)15(17)18)12(13(16)19-5)20-14(2,3)4/h6-8,12H,1-5H3/t12-/m0/s1. The maximum atomic E-state index is 11.9. The zero-order valence-corrected chi connectivity index (χ0v) is 12.3. The minimum absolute atomic E-state index is 0.0473. The Morgan fingerprint density at radius 1 is 1.35 bits per heavy atom. The number of hydrogen-bond acceptors (Lipinski definition) is 5. The molecule has 1 atom stereocenters. The van der Waals surface area contributed by atoms with E-state index in [2.05, 4.69) is 0 Å². The van der Waals surface area contributed by atoms with Gasteiger partial charge in [0.1, 0.15) is 0 Å². The van der Waals surface area contributed by atoms with E-state index in [1.165, 1.54) is 19.2 Å². The van der Waals surface area contributed by atoms with E-state index < -0.39 is 22.6 Å². The third-order valence-corrected chi connectivity index (χ3v) is 2.71. The lowest BCUT2D eigenvalue weighted by Gasteiger charge is -2.26. The molecule has 1 aromatic rings. The van der Waals surface area contributed by atoms with Gasteiger partial charge in [-0.05, 0) is 27.7 Å². The van der Waals surface area contributed by atoms with Gasteiger partial charge in [0, 0.05) is 17.2 Å². The average Bonchev–Trinajstić information content (AvgIpc) is 2.34. The van der Waals surface area contributed by atoms with Crippen LogP contribution in [-0.2, 0) is 14.3 Å². The van der Waals surface area contributed by atoms with E-state index in [-0.39, 0.29) is 5.69 Å². The monoisotopic (exact) mass is 281 g/mol. The third-order valence-electron chi connectivity index (χ3n) is 2.71. The van der Waals surface area contributed by atoms with Crippen LogP contribution in [0.5, 0.6) is 0 Å². The predicted molar refractivity (Wildman–Crippen MR) is 73.4 cm³/mol. The topological polar surface area (TPSA) is 78.7 Å². The molecule has 0 aliphatic rings. The molecule has 0 saturated heterocycles. The Bertz CT molecular complexity index is 519. The summed E-state index contributed by atoms with van der Waals surface area (Å²) in [6, 6.07) is 4.56. The lowest BCUT2D eigenvalue weighted by Crippen LogP contribution is -2.28. The summed E-state index contributed by atoms with van der Waals surface area (Å²) in [4.78, 5) is 22.4. The Balaban J connectivity index is 3.31. The summed E-state index contributed by atoms with van der Waals surface area (Å²) < 4.78 is 10.4. The molecule has 0 radical (unpaired) electrons. The van der Waals surface area contributed by atoms with Crippen molar-refractivity contribution in [2.45, 2.75) is 39.4 Å². The SMILES string of the molecule is COC(=O)[C@@H](OC(C)(C)C)c1cccc([N+](=O)[O-])c1C. The summed E-state index contributed by atoms with van der Waals surface area (Å²) >= 11 is 0. The van der Waals surface area contributed by atoms with Crippen LogP contribution >= 0.6 is 0 Å². The van der Waals surface area contributed by atoms with Crippen LogP contribution in [0.1, 0.15) is 38.0 Å². The Labute approximate surface area is 117 Å². The van der Waals surface area contributed by atoms with Gasteiger partial charge >= 0.3 is 5.97 Å². The Kier molecular flexibility index (Phi) is 4.83. The highest BCUT2D eigenvalue weighted by atomic mass is 16.6. The van der Waals surface area contributed by atoms with Crippen LogP contribution in [0.2, 0.25) is 0 Å². The van der Waals surface area contributed by atoms with Crippen LogP contribution in [0.25, 0.3) is 0 Å². The van der Waals surface area contributed by atoms with Gasteiger partial charge in [0.2, 0.25) is 0 Å². The number of esters is 1.